The maximum absolute atomic E-state index is 13.3. The number of amides is 1. The Morgan fingerprint density at radius 3 is 2.62 bits per heavy atom. The molecule has 3 heterocycles. The SMILES string of the molecule is CC1(C)CC(/C=C2\Sc3ccccc3[N+]23CCC3C(=O)NS(C)(=O)=O)=CC(=C/c2[se]c3ccc(I)cc3[n+]2CC(O)CS(=O)(=O)O)/C1. The molecule has 3 aliphatic rings. The molecule has 1 fully saturated rings. The van der Waals surface area contributed by atoms with E-state index in [-0.39, 0.29) is 26.5 Å². The van der Waals surface area contributed by atoms with E-state index in [2.05, 4.69) is 65.5 Å². The van der Waals surface area contributed by atoms with Gasteiger partial charge in [0.1, 0.15) is 0 Å². The van der Waals surface area contributed by atoms with Gasteiger partial charge in [0.25, 0.3) is 0 Å². The Balaban J connectivity index is 1.41. The predicted molar refractivity (Wildman–Crippen MR) is 194 cm³/mol. The van der Waals surface area contributed by atoms with E-state index in [0.717, 1.165) is 63.8 Å². The summed E-state index contributed by atoms with van der Waals surface area (Å²) in [5, 5.41) is 11.6. The number of nitrogens with one attached hydrogen (secondary N) is 1. The number of rotatable bonds is 8. The molecule has 1 aliphatic carbocycles. The Morgan fingerprint density at radius 1 is 1.19 bits per heavy atom. The topological polar surface area (TPSA) is 142 Å². The van der Waals surface area contributed by atoms with E-state index in [1.54, 1.807) is 11.8 Å². The third kappa shape index (κ3) is 7.53. The molecule has 47 heavy (non-hydrogen) atoms. The van der Waals surface area contributed by atoms with Crippen LogP contribution >= 0.6 is 34.4 Å². The van der Waals surface area contributed by atoms with Crippen LogP contribution in [0.1, 0.15) is 37.7 Å². The number of fused-ring (bicyclic) bond motifs is 3. The molecule has 1 aromatic heterocycles. The van der Waals surface area contributed by atoms with Crippen LogP contribution in [0.3, 0.4) is 0 Å². The molecular weight excluding hydrogens is 840 g/mol. The fourth-order valence-electron chi connectivity index (χ4n) is 6.87. The van der Waals surface area contributed by atoms with Gasteiger partial charge in [-0.1, -0.05) is 0 Å². The normalized spacial score (nSPS) is 24.7. The first-order valence-electron chi connectivity index (χ1n) is 15.0. The van der Waals surface area contributed by atoms with Crippen LogP contribution in [0.2, 0.25) is 0 Å². The second kappa shape index (κ2) is 12.8. The number of hydrogen-bond donors (Lipinski definition) is 3. The number of quaternary nitrogens is 1. The van der Waals surface area contributed by atoms with Crippen LogP contribution in [-0.2, 0) is 31.5 Å². The summed E-state index contributed by atoms with van der Waals surface area (Å²) in [5.74, 6) is -1.24. The van der Waals surface area contributed by atoms with Crippen LogP contribution in [-0.4, -0.2) is 77.6 Å². The molecule has 2 aliphatic heterocycles. The zero-order valence-electron chi connectivity index (χ0n) is 26.0. The first-order chi connectivity index (χ1) is 21.9. The van der Waals surface area contributed by atoms with E-state index >= 15 is 0 Å². The molecule has 3 N–H and O–H groups in total. The first kappa shape index (κ1) is 35.0. The van der Waals surface area contributed by atoms with Gasteiger partial charge in [0.2, 0.25) is 0 Å². The molecule has 3 aromatic rings. The van der Waals surface area contributed by atoms with Crippen LogP contribution in [0.5, 0.6) is 0 Å². The van der Waals surface area contributed by atoms with Gasteiger partial charge < -0.3 is 0 Å². The number of benzene rings is 2. The van der Waals surface area contributed by atoms with E-state index in [1.165, 1.54) is 0 Å². The van der Waals surface area contributed by atoms with Crippen LogP contribution < -0.4 is 13.8 Å². The second-order valence-corrected chi connectivity index (χ2v) is 21.0. The summed E-state index contributed by atoms with van der Waals surface area (Å²) >= 11 is 3.77. The monoisotopic (exact) mass is 877 g/mol. The average molecular weight is 877 g/mol. The molecule has 1 saturated heterocycles. The van der Waals surface area contributed by atoms with Crippen molar-refractivity contribution in [2.24, 2.45) is 5.41 Å². The zero-order valence-corrected chi connectivity index (χ0v) is 32.3. The number of halogens is 1. The van der Waals surface area contributed by atoms with E-state index in [0.29, 0.717) is 17.4 Å². The minimum atomic E-state index is -4.35. The van der Waals surface area contributed by atoms with Gasteiger partial charge in [-0.15, -0.1) is 0 Å². The van der Waals surface area contributed by atoms with Crippen molar-refractivity contribution in [1.29, 1.82) is 0 Å². The summed E-state index contributed by atoms with van der Waals surface area (Å²) in [6.07, 6.45) is 8.42. The molecule has 1 spiro atoms. The van der Waals surface area contributed by atoms with Gasteiger partial charge in [0.15, 0.2) is 0 Å². The molecular formula is C32H36IN3O7S3Se+2. The summed E-state index contributed by atoms with van der Waals surface area (Å²) in [6.45, 7) is 5.15. The molecule has 0 bridgehead atoms. The Kier molecular flexibility index (Phi) is 9.55. The van der Waals surface area contributed by atoms with Crippen molar-refractivity contribution in [2.75, 3.05) is 18.6 Å². The Bertz CT molecular complexity index is 2110. The van der Waals surface area contributed by atoms with Crippen LogP contribution in [0.15, 0.2) is 75.7 Å². The summed E-state index contributed by atoms with van der Waals surface area (Å²) in [4.78, 5) is 14.3. The van der Waals surface area contributed by atoms with Gasteiger partial charge in [-0.05, 0) is 0 Å². The van der Waals surface area contributed by atoms with Gasteiger partial charge >= 0.3 is 286 Å². The van der Waals surface area contributed by atoms with E-state index in [1.807, 2.05) is 41.0 Å². The first-order valence-corrected chi connectivity index (χ1v) is 22.1. The van der Waals surface area contributed by atoms with Crippen molar-refractivity contribution in [3.8, 4) is 0 Å². The van der Waals surface area contributed by atoms with E-state index < -0.39 is 43.9 Å². The number of hydrogen-bond acceptors (Lipinski definition) is 7. The third-order valence-corrected chi connectivity index (χ3v) is 14.2. The molecule has 10 nitrogen and oxygen atoms in total. The summed E-state index contributed by atoms with van der Waals surface area (Å²) in [5.41, 5.74) is 4.06. The number of nitrogens with zero attached hydrogens (tertiary/aromatic N) is 2. The maximum atomic E-state index is 13.3. The predicted octanol–water partition coefficient (Wildman–Crippen LogP) is 3.97. The van der Waals surface area contributed by atoms with Gasteiger partial charge in [0.05, 0.1) is 6.26 Å². The number of allylic oxidation sites excluding steroid dienone is 4. The molecule has 3 unspecified atom stereocenters. The number of carbonyl (C=O) groups is 1. The van der Waals surface area contributed by atoms with Crippen molar-refractivity contribution in [3.63, 3.8) is 0 Å². The quantitative estimate of drug-likeness (QED) is 0.102. The Morgan fingerprint density at radius 2 is 1.94 bits per heavy atom. The third-order valence-electron chi connectivity index (χ3n) is 8.62. The van der Waals surface area contributed by atoms with E-state index in [9.17, 15) is 31.3 Å². The number of aliphatic hydroxyl groups is 1. The molecule has 0 saturated carbocycles. The van der Waals surface area contributed by atoms with Crippen molar-refractivity contribution in [1.82, 2.24) is 9.21 Å². The molecule has 1 amide bonds. The number of carbonyl (C=O) groups excluding carboxylic acids is 1. The summed E-state index contributed by atoms with van der Waals surface area (Å²) < 4.78 is 64.0. The number of aromatic nitrogens is 1. The molecule has 15 heteroatoms. The Hall–Kier alpha value is -1.82. The van der Waals surface area contributed by atoms with Crippen LogP contribution in [0.4, 0.5) is 5.69 Å². The summed E-state index contributed by atoms with van der Waals surface area (Å²) in [6, 6.07) is 13.6. The molecule has 250 valence electrons. The van der Waals surface area contributed by atoms with Crippen molar-refractivity contribution in [2.45, 2.75) is 56.7 Å². The standard InChI is InChI=1S/C32H34IN3O7S3Se/c1-32(2)16-20(13-29-35(18-23(37)19-46(41,42)43)24-15-22(33)8-9-28(24)47-29)12-21(17-32)14-30-36(25-6-4-5-7-27(25)44-30)11-10-26(36)31(38)34-45(3,39)40/h4-9,12-15,23,26,37H,10-11,16-19H2,1-3H3/p+2/b20-13-,30-14-. The zero-order chi connectivity index (χ0) is 33.9. The molecule has 3 atom stereocenters. The van der Waals surface area contributed by atoms with Crippen molar-refractivity contribution in [3.05, 3.63) is 78.9 Å². The summed E-state index contributed by atoms with van der Waals surface area (Å²) in [7, 11) is -8.06. The Labute approximate surface area is 298 Å². The molecule has 2 aromatic carbocycles. The van der Waals surface area contributed by atoms with E-state index in [4.69, 9.17) is 0 Å². The molecule has 0 radical (unpaired) electrons. The van der Waals surface area contributed by atoms with Crippen molar-refractivity contribution >= 4 is 96.4 Å². The number of sulfonamides is 1. The van der Waals surface area contributed by atoms with Crippen LogP contribution in [0, 0.1) is 8.99 Å². The van der Waals surface area contributed by atoms with Crippen LogP contribution in [0.25, 0.3) is 15.9 Å². The fourth-order valence-corrected chi connectivity index (χ4v) is 12.2. The molecule has 6 rings (SSSR count). The minimum absolute atomic E-state index is 0.0313. The van der Waals surface area contributed by atoms with Gasteiger partial charge in [0, 0.05) is 0 Å². The average Bonchev–Trinajstić information content (AvgIpc) is 3.40. The number of para-hydroxylation sites is 1. The fraction of sp³-hybridized carbons (Fsp3) is 0.375. The van der Waals surface area contributed by atoms with Gasteiger partial charge in [-0.3, -0.25) is 0 Å². The number of thioether (sulfide) groups is 1. The second-order valence-electron chi connectivity index (χ2n) is 13.2. The number of aliphatic hydroxyl groups excluding tert-OH is 1. The van der Waals surface area contributed by atoms with Gasteiger partial charge in [-0.2, -0.15) is 0 Å². The van der Waals surface area contributed by atoms with Crippen molar-refractivity contribution < 1.29 is 35.9 Å². The van der Waals surface area contributed by atoms with Gasteiger partial charge in [-0.25, -0.2) is 8.42 Å².